The molecule has 3 heteroatoms. The fraction of sp³-hybridized carbons (Fsp3) is 1.00. The number of hydrogen-bond acceptors (Lipinski definition) is 3. The van der Waals surface area contributed by atoms with Gasteiger partial charge in [-0.2, -0.15) is 10.2 Å². The van der Waals surface area contributed by atoms with Gasteiger partial charge in [0.2, 0.25) is 0 Å². The normalized spacial score (nSPS) is 28.9. The van der Waals surface area contributed by atoms with Crippen molar-refractivity contribution in [1.82, 2.24) is 0 Å². The number of rotatable bonds is 0. The monoisotopic (exact) mass is 144 g/mol. The summed E-state index contributed by atoms with van der Waals surface area (Å²) in [5, 5.41) is 8.22. The summed E-state index contributed by atoms with van der Waals surface area (Å²) in [6.07, 6.45) is 0. The van der Waals surface area contributed by atoms with E-state index in [9.17, 15) is 0 Å². The lowest BCUT2D eigenvalue weighted by atomic mass is 10.4. The van der Waals surface area contributed by atoms with Crippen molar-refractivity contribution in [2.45, 2.75) is 37.4 Å². The van der Waals surface area contributed by atoms with E-state index in [1.165, 1.54) is 0 Å². The van der Waals surface area contributed by atoms with E-state index in [0.717, 1.165) is 0 Å². The van der Waals surface area contributed by atoms with E-state index in [1.807, 2.05) is 0 Å². The molecule has 0 N–H and O–H groups in total. The summed E-state index contributed by atoms with van der Waals surface area (Å²) in [5.74, 6) is 0. The van der Waals surface area contributed by atoms with E-state index in [1.54, 1.807) is 11.8 Å². The molecule has 0 amide bonds. The molecule has 52 valence electrons. The van der Waals surface area contributed by atoms with Crippen molar-refractivity contribution in [3.8, 4) is 0 Å². The first-order chi connectivity index (χ1) is 3.91. The minimum absolute atomic E-state index is 0.00347. The van der Waals surface area contributed by atoms with E-state index in [4.69, 9.17) is 0 Å². The van der Waals surface area contributed by atoms with Crippen molar-refractivity contribution < 1.29 is 0 Å². The van der Waals surface area contributed by atoms with Crippen LogP contribution in [0.15, 0.2) is 10.2 Å². The van der Waals surface area contributed by atoms with Crippen molar-refractivity contribution in [2.24, 2.45) is 10.2 Å². The van der Waals surface area contributed by atoms with Crippen molar-refractivity contribution in [2.75, 3.05) is 0 Å². The highest BCUT2D eigenvalue weighted by Crippen LogP contribution is 2.44. The standard InChI is InChI=1S/C6H12N2S/c1-5(2)7-8-6(3,4)9-5/h1-4H3. The number of nitrogens with zero attached hydrogens (tertiary/aromatic N) is 2. The molecule has 0 bridgehead atoms. The SMILES string of the molecule is CC1(C)N=NC(C)(C)S1. The molecule has 0 saturated carbocycles. The second-order valence-corrected chi connectivity index (χ2v) is 5.40. The van der Waals surface area contributed by atoms with Gasteiger partial charge in [-0.1, -0.05) is 11.8 Å². The molecule has 1 heterocycles. The second kappa shape index (κ2) is 1.72. The van der Waals surface area contributed by atoms with Gasteiger partial charge >= 0.3 is 0 Å². The molecule has 0 fully saturated rings. The van der Waals surface area contributed by atoms with Crippen LogP contribution in [0, 0.1) is 0 Å². The van der Waals surface area contributed by atoms with Crippen molar-refractivity contribution >= 4 is 11.8 Å². The molecule has 0 saturated heterocycles. The van der Waals surface area contributed by atoms with Crippen molar-refractivity contribution in [1.29, 1.82) is 0 Å². The minimum Gasteiger partial charge on any atom is -0.175 e. The molecule has 9 heavy (non-hydrogen) atoms. The van der Waals surface area contributed by atoms with Crippen LogP contribution in [0.25, 0.3) is 0 Å². The van der Waals surface area contributed by atoms with E-state index in [0.29, 0.717) is 0 Å². The molecule has 0 unspecified atom stereocenters. The van der Waals surface area contributed by atoms with Crippen molar-refractivity contribution in [3.05, 3.63) is 0 Å². The molecule has 0 radical (unpaired) electrons. The first-order valence-electron chi connectivity index (χ1n) is 3.06. The summed E-state index contributed by atoms with van der Waals surface area (Å²) in [7, 11) is 0. The maximum atomic E-state index is 4.11. The lowest BCUT2D eigenvalue weighted by Gasteiger charge is -2.16. The topological polar surface area (TPSA) is 24.7 Å². The summed E-state index contributed by atoms with van der Waals surface area (Å²) < 4.78 is 0. The second-order valence-electron chi connectivity index (χ2n) is 3.20. The predicted octanol–water partition coefficient (Wildman–Crippen LogP) is 2.66. The average molecular weight is 144 g/mol. The zero-order valence-corrected chi connectivity index (χ0v) is 7.12. The zero-order chi connectivity index (χ0) is 7.12. The molecule has 1 rings (SSSR count). The summed E-state index contributed by atoms with van der Waals surface area (Å²) in [5.41, 5.74) is 0. The molecule has 0 spiro atoms. The van der Waals surface area contributed by atoms with Crippen LogP contribution in [0.3, 0.4) is 0 Å². The highest BCUT2D eigenvalue weighted by atomic mass is 32.2. The Morgan fingerprint density at radius 2 is 1.22 bits per heavy atom. The van der Waals surface area contributed by atoms with Gasteiger partial charge in [0.25, 0.3) is 0 Å². The number of thioether (sulfide) groups is 1. The van der Waals surface area contributed by atoms with Crippen LogP contribution in [0.2, 0.25) is 0 Å². The van der Waals surface area contributed by atoms with Gasteiger partial charge < -0.3 is 0 Å². The summed E-state index contributed by atoms with van der Waals surface area (Å²) in [4.78, 5) is 0.00694. The Balaban J connectivity index is 2.71. The Kier molecular flexibility index (Phi) is 1.35. The van der Waals surface area contributed by atoms with Crippen molar-refractivity contribution in [3.63, 3.8) is 0 Å². The van der Waals surface area contributed by atoms with Gasteiger partial charge in [0.1, 0.15) is 9.74 Å². The molecule has 2 nitrogen and oxygen atoms in total. The van der Waals surface area contributed by atoms with Gasteiger partial charge in [-0.15, -0.1) is 0 Å². The zero-order valence-electron chi connectivity index (χ0n) is 6.30. The Morgan fingerprint density at radius 3 is 1.33 bits per heavy atom. The van der Waals surface area contributed by atoms with Crippen LogP contribution in [0.4, 0.5) is 0 Å². The molecule has 0 aliphatic carbocycles. The summed E-state index contributed by atoms with van der Waals surface area (Å²) in [6, 6.07) is 0. The Labute approximate surface area is 60.1 Å². The van der Waals surface area contributed by atoms with Crippen LogP contribution in [0.1, 0.15) is 27.7 Å². The van der Waals surface area contributed by atoms with Gasteiger partial charge in [-0.05, 0) is 27.7 Å². The molecular weight excluding hydrogens is 132 g/mol. The number of azo groups is 1. The van der Waals surface area contributed by atoms with Gasteiger partial charge in [-0.25, -0.2) is 0 Å². The third-order valence-electron chi connectivity index (χ3n) is 1.03. The summed E-state index contributed by atoms with van der Waals surface area (Å²) >= 11 is 1.79. The maximum Gasteiger partial charge on any atom is 0.123 e. The largest absolute Gasteiger partial charge is 0.175 e. The lowest BCUT2D eigenvalue weighted by molar-refractivity contribution is 0.678. The molecule has 0 aromatic carbocycles. The van der Waals surface area contributed by atoms with E-state index in [2.05, 4.69) is 37.9 Å². The molecule has 0 aromatic heterocycles. The van der Waals surface area contributed by atoms with Gasteiger partial charge in [-0.3, -0.25) is 0 Å². The average Bonchev–Trinajstić information content (AvgIpc) is 1.78. The molecule has 0 aromatic rings. The minimum atomic E-state index is 0.00347. The Bertz CT molecular complexity index is 133. The third kappa shape index (κ3) is 1.68. The van der Waals surface area contributed by atoms with E-state index in [-0.39, 0.29) is 9.74 Å². The van der Waals surface area contributed by atoms with Gasteiger partial charge in [0, 0.05) is 0 Å². The Morgan fingerprint density at radius 1 is 0.889 bits per heavy atom. The van der Waals surface area contributed by atoms with Crippen LogP contribution in [-0.4, -0.2) is 9.74 Å². The van der Waals surface area contributed by atoms with Crippen LogP contribution in [-0.2, 0) is 0 Å². The van der Waals surface area contributed by atoms with E-state index < -0.39 is 0 Å². The smallest absolute Gasteiger partial charge is 0.123 e. The fourth-order valence-corrected chi connectivity index (χ4v) is 2.28. The summed E-state index contributed by atoms with van der Waals surface area (Å²) in [6.45, 7) is 8.32. The quantitative estimate of drug-likeness (QED) is 0.513. The first-order valence-corrected chi connectivity index (χ1v) is 3.87. The van der Waals surface area contributed by atoms with Gasteiger partial charge in [0.05, 0.1) is 0 Å². The molecular formula is C6H12N2S. The molecule has 1 aliphatic heterocycles. The highest BCUT2D eigenvalue weighted by molar-refractivity contribution is 8.02. The third-order valence-corrected chi connectivity index (χ3v) is 2.19. The Hall–Kier alpha value is -0.0500. The molecule has 1 aliphatic rings. The maximum absolute atomic E-state index is 4.11. The predicted molar refractivity (Wildman–Crippen MR) is 40.6 cm³/mol. The van der Waals surface area contributed by atoms with Crippen LogP contribution in [0.5, 0.6) is 0 Å². The molecule has 0 atom stereocenters. The van der Waals surface area contributed by atoms with Crippen LogP contribution >= 0.6 is 11.8 Å². The van der Waals surface area contributed by atoms with Gasteiger partial charge in [0.15, 0.2) is 0 Å². The lowest BCUT2D eigenvalue weighted by Crippen LogP contribution is -2.13. The first kappa shape index (κ1) is 7.06. The fourth-order valence-electron chi connectivity index (χ4n) is 0.893. The highest BCUT2D eigenvalue weighted by Gasteiger charge is 2.34. The van der Waals surface area contributed by atoms with E-state index >= 15 is 0 Å². The number of hydrogen-bond donors (Lipinski definition) is 0. The van der Waals surface area contributed by atoms with Crippen LogP contribution < -0.4 is 0 Å².